The van der Waals surface area contributed by atoms with Crippen LogP contribution in [0.25, 0.3) is 0 Å². The molecule has 0 fully saturated rings. The Kier molecular flexibility index (Phi) is 3.24. The van der Waals surface area contributed by atoms with Crippen molar-refractivity contribution in [3.63, 3.8) is 0 Å². The van der Waals surface area contributed by atoms with Crippen molar-refractivity contribution in [2.24, 2.45) is 0 Å². The number of rotatable bonds is 3. The van der Waals surface area contributed by atoms with Gasteiger partial charge in [-0.05, 0) is 6.08 Å². The summed E-state index contributed by atoms with van der Waals surface area (Å²) >= 11 is 0. The van der Waals surface area contributed by atoms with Crippen LogP contribution in [-0.4, -0.2) is 6.61 Å². The van der Waals surface area contributed by atoms with E-state index in [9.17, 15) is 4.57 Å². The van der Waals surface area contributed by atoms with E-state index in [4.69, 9.17) is 9.78 Å². The minimum Gasteiger partial charge on any atom is -0.333 e. The zero-order chi connectivity index (χ0) is 13.1. The van der Waals surface area contributed by atoms with Crippen LogP contribution in [0, 0.1) is 0 Å². The van der Waals surface area contributed by atoms with E-state index in [1.54, 1.807) is 6.08 Å². The van der Waals surface area contributed by atoms with E-state index in [1.165, 1.54) is 0 Å². The monoisotopic (exact) mass is 272 g/mol. The number of benzene rings is 2. The van der Waals surface area contributed by atoms with Gasteiger partial charge in [0.15, 0.2) is 0 Å². The van der Waals surface area contributed by atoms with E-state index in [2.05, 4.69) is 0 Å². The fourth-order valence-corrected chi connectivity index (χ4v) is 4.57. The Morgan fingerprint density at radius 3 is 1.79 bits per heavy atom. The first kappa shape index (κ1) is 12.2. The average Bonchev–Trinajstić information content (AvgIpc) is 3.03. The van der Waals surface area contributed by atoms with Crippen molar-refractivity contribution in [3.05, 3.63) is 72.2 Å². The Morgan fingerprint density at radius 2 is 1.37 bits per heavy atom. The van der Waals surface area contributed by atoms with Crippen molar-refractivity contribution in [1.29, 1.82) is 0 Å². The second-order valence-electron chi connectivity index (χ2n) is 4.19. The van der Waals surface area contributed by atoms with Gasteiger partial charge < -0.3 is 9.45 Å². The maximum atomic E-state index is 13.5. The van der Waals surface area contributed by atoms with Crippen molar-refractivity contribution in [1.82, 2.24) is 0 Å². The quantitative estimate of drug-likeness (QED) is 0.636. The summed E-state index contributed by atoms with van der Waals surface area (Å²) in [6.07, 6.45) is 1.74. The molecule has 0 unspecified atom stereocenters. The van der Waals surface area contributed by atoms with Gasteiger partial charge in [-0.15, -0.1) is 0 Å². The molecule has 3 rings (SSSR count). The molecule has 0 aliphatic carbocycles. The van der Waals surface area contributed by atoms with E-state index in [-0.39, 0.29) is 0 Å². The lowest BCUT2D eigenvalue weighted by Gasteiger charge is -2.18. The molecule has 0 spiro atoms. The summed E-state index contributed by atoms with van der Waals surface area (Å²) in [5.74, 6) is 0. The standard InChI is InChI=1S/C15H13O3P/c16-19(15-11-12-17-18-15,13-7-3-1-4-8-13)14-9-5-2-6-10-14/h1-11H,12H2. The molecule has 0 N–H and O–H groups in total. The fraction of sp³-hybridized carbons (Fsp3) is 0.0667. The van der Waals surface area contributed by atoms with Crippen molar-refractivity contribution in [2.75, 3.05) is 6.61 Å². The van der Waals surface area contributed by atoms with Gasteiger partial charge in [-0.1, -0.05) is 60.7 Å². The van der Waals surface area contributed by atoms with E-state index >= 15 is 0 Å². The minimum absolute atomic E-state index is 0.332. The summed E-state index contributed by atoms with van der Waals surface area (Å²) in [6, 6.07) is 18.7. The summed E-state index contributed by atoms with van der Waals surface area (Å²) in [5, 5.41) is 1.50. The zero-order valence-corrected chi connectivity index (χ0v) is 11.1. The van der Waals surface area contributed by atoms with Crippen LogP contribution >= 0.6 is 7.14 Å². The van der Waals surface area contributed by atoms with Crippen molar-refractivity contribution in [2.45, 2.75) is 0 Å². The minimum atomic E-state index is -2.96. The van der Waals surface area contributed by atoms with Crippen LogP contribution in [-0.2, 0) is 14.3 Å². The highest BCUT2D eigenvalue weighted by atomic mass is 31.2. The van der Waals surface area contributed by atoms with E-state index in [1.807, 2.05) is 60.7 Å². The van der Waals surface area contributed by atoms with Gasteiger partial charge >= 0.3 is 0 Å². The Labute approximate surface area is 111 Å². The van der Waals surface area contributed by atoms with Crippen LogP contribution in [0.2, 0.25) is 0 Å². The highest BCUT2D eigenvalue weighted by Crippen LogP contribution is 2.53. The van der Waals surface area contributed by atoms with Gasteiger partial charge in [-0.2, -0.15) is 4.89 Å². The highest BCUT2D eigenvalue weighted by Gasteiger charge is 2.36. The largest absolute Gasteiger partial charge is 0.333 e. The third-order valence-corrected chi connectivity index (χ3v) is 5.95. The fourth-order valence-electron chi connectivity index (χ4n) is 2.09. The van der Waals surface area contributed by atoms with E-state index in [0.717, 1.165) is 10.6 Å². The second-order valence-corrected chi connectivity index (χ2v) is 6.88. The summed E-state index contributed by atoms with van der Waals surface area (Å²) in [7, 11) is -2.96. The SMILES string of the molecule is O=P(C1=CCOO1)(c1ccccc1)c1ccccc1. The van der Waals surface area contributed by atoms with Gasteiger partial charge in [0.05, 0.1) is 0 Å². The van der Waals surface area contributed by atoms with Crippen LogP contribution in [0.3, 0.4) is 0 Å². The highest BCUT2D eigenvalue weighted by molar-refractivity contribution is 7.82. The molecule has 1 heterocycles. The lowest BCUT2D eigenvalue weighted by Crippen LogP contribution is -2.17. The molecule has 0 saturated heterocycles. The van der Waals surface area contributed by atoms with Gasteiger partial charge in [-0.3, -0.25) is 0 Å². The van der Waals surface area contributed by atoms with E-state index in [0.29, 0.717) is 12.1 Å². The molecule has 4 heteroatoms. The topological polar surface area (TPSA) is 35.5 Å². The third kappa shape index (κ3) is 2.12. The van der Waals surface area contributed by atoms with Crippen LogP contribution < -0.4 is 10.6 Å². The van der Waals surface area contributed by atoms with Crippen molar-refractivity contribution < 1.29 is 14.3 Å². The van der Waals surface area contributed by atoms with Crippen molar-refractivity contribution >= 4 is 17.8 Å². The predicted molar refractivity (Wildman–Crippen MR) is 74.9 cm³/mol. The van der Waals surface area contributed by atoms with Crippen LogP contribution in [0.4, 0.5) is 0 Å². The molecule has 3 nitrogen and oxygen atoms in total. The molecular weight excluding hydrogens is 259 g/mol. The third-order valence-electron chi connectivity index (χ3n) is 3.02. The average molecular weight is 272 g/mol. The van der Waals surface area contributed by atoms with Crippen LogP contribution in [0.1, 0.15) is 0 Å². The maximum Gasteiger partial charge on any atom is 0.208 e. The molecule has 2 aromatic carbocycles. The zero-order valence-electron chi connectivity index (χ0n) is 10.2. The first-order valence-electron chi connectivity index (χ1n) is 6.03. The summed E-state index contributed by atoms with van der Waals surface area (Å²) in [4.78, 5) is 10.0. The van der Waals surface area contributed by atoms with Crippen LogP contribution in [0.5, 0.6) is 0 Å². The Hall–Kier alpha value is -1.83. The Morgan fingerprint density at radius 1 is 0.842 bits per heavy atom. The lowest BCUT2D eigenvalue weighted by molar-refractivity contribution is -0.226. The first-order chi connectivity index (χ1) is 9.32. The Bertz CT molecular complexity index is 591. The molecule has 1 aliphatic rings. The normalized spacial score (nSPS) is 14.8. The second kappa shape index (κ2) is 5.04. The van der Waals surface area contributed by atoms with E-state index < -0.39 is 7.14 Å². The summed E-state index contributed by atoms with van der Waals surface area (Å²) < 4.78 is 13.5. The van der Waals surface area contributed by atoms with Gasteiger partial charge in [0, 0.05) is 10.6 Å². The van der Waals surface area contributed by atoms with Crippen molar-refractivity contribution in [3.8, 4) is 0 Å². The molecule has 0 atom stereocenters. The molecule has 1 aliphatic heterocycles. The van der Waals surface area contributed by atoms with Gasteiger partial charge in [0.2, 0.25) is 12.6 Å². The molecule has 0 bridgehead atoms. The number of hydrogen-bond donors (Lipinski definition) is 0. The van der Waals surface area contributed by atoms with Crippen LogP contribution in [0.15, 0.2) is 72.2 Å². The number of hydrogen-bond acceptors (Lipinski definition) is 3. The molecular formula is C15H13O3P. The molecule has 2 aromatic rings. The Balaban J connectivity index is 2.19. The maximum absolute atomic E-state index is 13.5. The molecule has 96 valence electrons. The molecule has 0 amide bonds. The summed E-state index contributed by atoms with van der Waals surface area (Å²) in [6.45, 7) is 0.332. The molecule has 19 heavy (non-hydrogen) atoms. The predicted octanol–water partition coefficient (Wildman–Crippen LogP) is 2.80. The van der Waals surface area contributed by atoms with Gasteiger partial charge in [-0.25, -0.2) is 0 Å². The first-order valence-corrected chi connectivity index (χ1v) is 7.74. The van der Waals surface area contributed by atoms with Gasteiger partial charge in [0.1, 0.15) is 6.61 Å². The lowest BCUT2D eigenvalue weighted by atomic mass is 10.4. The molecule has 0 radical (unpaired) electrons. The molecule has 0 aromatic heterocycles. The molecule has 0 saturated carbocycles. The van der Waals surface area contributed by atoms with Gasteiger partial charge in [0.25, 0.3) is 0 Å². The summed E-state index contributed by atoms with van der Waals surface area (Å²) in [5.41, 5.74) is 0.407. The smallest absolute Gasteiger partial charge is 0.208 e.